The molecule has 2 aromatic rings. The summed E-state index contributed by atoms with van der Waals surface area (Å²) >= 11 is 0. The third-order valence-electron chi connectivity index (χ3n) is 4.97. The summed E-state index contributed by atoms with van der Waals surface area (Å²) in [6, 6.07) is 6.53. The molecule has 27 heavy (non-hydrogen) atoms. The number of nitrogens with zero attached hydrogens (tertiary/aromatic N) is 4. The number of benzene rings is 1. The van der Waals surface area contributed by atoms with Crippen molar-refractivity contribution in [3.05, 3.63) is 47.1 Å². The molecule has 8 heteroatoms. The van der Waals surface area contributed by atoms with Crippen molar-refractivity contribution >= 4 is 11.8 Å². The lowest BCUT2D eigenvalue weighted by atomic mass is 10.2. The second kappa shape index (κ2) is 7.69. The number of amides is 2. The molecule has 0 N–H and O–H groups in total. The van der Waals surface area contributed by atoms with Gasteiger partial charge < -0.3 is 14.5 Å². The molecule has 1 aliphatic rings. The Labute approximate surface area is 157 Å². The molecule has 8 nitrogen and oxygen atoms in total. The minimum atomic E-state index is -0.610. The summed E-state index contributed by atoms with van der Waals surface area (Å²) in [4.78, 5) is 40.4. The highest BCUT2D eigenvalue weighted by Gasteiger charge is 2.27. The molecule has 0 saturated carbocycles. The number of hydrogen-bond donors (Lipinski definition) is 0. The van der Waals surface area contributed by atoms with E-state index in [1.54, 1.807) is 60.5 Å². The van der Waals surface area contributed by atoms with Crippen molar-refractivity contribution in [2.24, 2.45) is 0 Å². The highest BCUT2D eigenvalue weighted by atomic mass is 16.5. The zero-order chi connectivity index (χ0) is 19.6. The average Bonchev–Trinajstić information content (AvgIpc) is 3.08. The van der Waals surface area contributed by atoms with Gasteiger partial charge in [-0.15, -0.1) is 0 Å². The van der Waals surface area contributed by atoms with Gasteiger partial charge in [-0.2, -0.15) is 0 Å². The van der Waals surface area contributed by atoms with Crippen LogP contribution in [0, 0.1) is 0 Å². The Balaban J connectivity index is 1.74. The van der Waals surface area contributed by atoms with Gasteiger partial charge in [-0.25, -0.2) is 4.79 Å². The first kappa shape index (κ1) is 18.8. The summed E-state index contributed by atoms with van der Waals surface area (Å²) in [5, 5.41) is 0. The van der Waals surface area contributed by atoms with E-state index in [1.807, 2.05) is 0 Å². The molecule has 1 fully saturated rings. The monoisotopic (exact) mass is 372 g/mol. The second-order valence-electron chi connectivity index (χ2n) is 6.56. The predicted octanol–water partition coefficient (Wildman–Crippen LogP) is 0.899. The fraction of sp³-hybridized carbons (Fsp3) is 0.421. The van der Waals surface area contributed by atoms with Gasteiger partial charge in [0.25, 0.3) is 0 Å². The van der Waals surface area contributed by atoms with Crippen LogP contribution in [-0.4, -0.2) is 64.0 Å². The summed E-state index contributed by atoms with van der Waals surface area (Å²) in [5.74, 6) is 0.607. The van der Waals surface area contributed by atoms with Crippen LogP contribution in [0.5, 0.6) is 5.75 Å². The molecule has 0 radical (unpaired) electrons. The van der Waals surface area contributed by atoms with E-state index in [2.05, 4.69) is 0 Å². The molecule has 3 rings (SSSR count). The normalized spacial score (nSPS) is 15.5. The molecule has 1 aliphatic heterocycles. The standard InChI is InChI=1S/C19H24N4O4/c1-14(18(25)21-10-8-20(9-11-21)15(2)24)22-12-13-23(19(22)26)16-4-6-17(27-3)7-5-16/h4-7,12-14H,8-11H2,1-3H3. The number of hydrogen-bond acceptors (Lipinski definition) is 4. The third kappa shape index (κ3) is 3.74. The lowest BCUT2D eigenvalue weighted by molar-refractivity contribution is -0.140. The van der Waals surface area contributed by atoms with Crippen LogP contribution in [0.1, 0.15) is 19.9 Å². The zero-order valence-corrected chi connectivity index (χ0v) is 15.8. The molecule has 0 aliphatic carbocycles. The van der Waals surface area contributed by atoms with Gasteiger partial charge in [0.1, 0.15) is 11.8 Å². The minimum absolute atomic E-state index is 0.0166. The van der Waals surface area contributed by atoms with Gasteiger partial charge in [-0.1, -0.05) is 0 Å². The fourth-order valence-corrected chi connectivity index (χ4v) is 3.25. The van der Waals surface area contributed by atoms with Crippen molar-refractivity contribution in [1.29, 1.82) is 0 Å². The van der Waals surface area contributed by atoms with E-state index in [1.165, 1.54) is 16.1 Å². The fourth-order valence-electron chi connectivity index (χ4n) is 3.25. The Morgan fingerprint density at radius 2 is 1.59 bits per heavy atom. The smallest absolute Gasteiger partial charge is 0.333 e. The Hall–Kier alpha value is -3.03. The Morgan fingerprint density at radius 3 is 2.15 bits per heavy atom. The van der Waals surface area contributed by atoms with Crippen molar-refractivity contribution in [1.82, 2.24) is 18.9 Å². The van der Waals surface area contributed by atoms with Crippen LogP contribution in [0.3, 0.4) is 0 Å². The highest BCUT2D eigenvalue weighted by Crippen LogP contribution is 2.15. The van der Waals surface area contributed by atoms with Crippen molar-refractivity contribution < 1.29 is 14.3 Å². The van der Waals surface area contributed by atoms with E-state index in [0.717, 1.165) is 0 Å². The van der Waals surface area contributed by atoms with Gasteiger partial charge in [0.05, 0.1) is 12.8 Å². The number of ether oxygens (including phenoxy) is 1. The average molecular weight is 372 g/mol. The zero-order valence-electron chi connectivity index (χ0n) is 15.8. The van der Waals surface area contributed by atoms with E-state index < -0.39 is 6.04 Å². The van der Waals surface area contributed by atoms with Gasteiger partial charge in [0.15, 0.2) is 0 Å². The Bertz CT molecular complexity index is 876. The maximum atomic E-state index is 12.8. The molecule has 2 heterocycles. The molecular formula is C19H24N4O4. The maximum absolute atomic E-state index is 12.8. The maximum Gasteiger partial charge on any atom is 0.333 e. The number of carbonyl (C=O) groups is 2. The van der Waals surface area contributed by atoms with Gasteiger partial charge in [-0.3, -0.25) is 18.7 Å². The molecule has 1 aromatic carbocycles. The van der Waals surface area contributed by atoms with E-state index >= 15 is 0 Å². The van der Waals surface area contributed by atoms with Crippen LogP contribution in [-0.2, 0) is 9.59 Å². The number of aromatic nitrogens is 2. The topological polar surface area (TPSA) is 76.8 Å². The van der Waals surface area contributed by atoms with Gasteiger partial charge in [-0.05, 0) is 31.2 Å². The second-order valence-corrected chi connectivity index (χ2v) is 6.56. The lowest BCUT2D eigenvalue weighted by Gasteiger charge is -2.35. The van der Waals surface area contributed by atoms with E-state index in [4.69, 9.17) is 4.74 Å². The Morgan fingerprint density at radius 1 is 1.00 bits per heavy atom. The molecule has 2 amide bonds. The largest absolute Gasteiger partial charge is 0.497 e. The van der Waals surface area contributed by atoms with Crippen molar-refractivity contribution in [2.45, 2.75) is 19.9 Å². The minimum Gasteiger partial charge on any atom is -0.497 e. The first-order chi connectivity index (χ1) is 12.9. The third-order valence-corrected chi connectivity index (χ3v) is 4.97. The SMILES string of the molecule is COc1ccc(-n2ccn(C(C)C(=O)N3CCN(C(C)=O)CC3)c2=O)cc1. The van der Waals surface area contributed by atoms with Crippen molar-refractivity contribution in [3.8, 4) is 11.4 Å². The van der Waals surface area contributed by atoms with E-state index in [0.29, 0.717) is 37.6 Å². The van der Waals surface area contributed by atoms with Crippen LogP contribution in [0.25, 0.3) is 5.69 Å². The number of imidazole rings is 1. The lowest BCUT2D eigenvalue weighted by Crippen LogP contribution is -2.51. The van der Waals surface area contributed by atoms with Gasteiger partial charge in [0, 0.05) is 45.5 Å². The van der Waals surface area contributed by atoms with Crippen LogP contribution >= 0.6 is 0 Å². The van der Waals surface area contributed by atoms with Gasteiger partial charge >= 0.3 is 5.69 Å². The summed E-state index contributed by atoms with van der Waals surface area (Å²) in [6.07, 6.45) is 3.28. The van der Waals surface area contributed by atoms with Crippen LogP contribution in [0.2, 0.25) is 0 Å². The quantitative estimate of drug-likeness (QED) is 0.799. The molecular weight excluding hydrogens is 348 g/mol. The van der Waals surface area contributed by atoms with Crippen LogP contribution < -0.4 is 10.4 Å². The molecule has 0 bridgehead atoms. The Kier molecular flexibility index (Phi) is 5.34. The van der Waals surface area contributed by atoms with Crippen LogP contribution in [0.4, 0.5) is 0 Å². The number of rotatable bonds is 4. The molecule has 1 aromatic heterocycles. The molecule has 144 valence electrons. The number of methoxy groups -OCH3 is 1. The van der Waals surface area contributed by atoms with Crippen LogP contribution in [0.15, 0.2) is 41.5 Å². The van der Waals surface area contributed by atoms with Crippen molar-refractivity contribution in [2.75, 3.05) is 33.3 Å². The van der Waals surface area contributed by atoms with E-state index in [9.17, 15) is 14.4 Å². The summed E-state index contributed by atoms with van der Waals surface area (Å²) in [7, 11) is 1.58. The first-order valence-corrected chi connectivity index (χ1v) is 8.90. The van der Waals surface area contributed by atoms with Crippen molar-refractivity contribution in [3.63, 3.8) is 0 Å². The molecule has 1 unspecified atom stereocenters. The number of piperazine rings is 1. The molecule has 1 atom stereocenters. The summed E-state index contributed by atoms with van der Waals surface area (Å²) in [6.45, 7) is 5.26. The number of carbonyl (C=O) groups excluding carboxylic acids is 2. The van der Waals surface area contributed by atoms with Gasteiger partial charge in [0.2, 0.25) is 11.8 Å². The highest BCUT2D eigenvalue weighted by molar-refractivity contribution is 5.80. The van der Waals surface area contributed by atoms with E-state index in [-0.39, 0.29) is 17.5 Å². The summed E-state index contributed by atoms with van der Waals surface area (Å²) < 4.78 is 8.06. The predicted molar refractivity (Wildman–Crippen MR) is 100 cm³/mol. The molecule has 1 saturated heterocycles. The first-order valence-electron chi connectivity index (χ1n) is 8.90. The molecule has 0 spiro atoms. The summed E-state index contributed by atoms with van der Waals surface area (Å²) in [5.41, 5.74) is 0.428.